The van der Waals surface area contributed by atoms with Gasteiger partial charge in [-0.2, -0.15) is 0 Å². The number of hydrogen-bond acceptors (Lipinski definition) is 10. The lowest BCUT2D eigenvalue weighted by Gasteiger charge is -2.45. The van der Waals surface area contributed by atoms with Gasteiger partial charge in [-0.25, -0.2) is 0 Å². The molecule has 0 aromatic rings. The van der Waals surface area contributed by atoms with Gasteiger partial charge in [-0.05, 0) is 83.1 Å². The van der Waals surface area contributed by atoms with Crippen LogP contribution in [-0.2, 0) is 42.9 Å². The lowest BCUT2D eigenvalue weighted by Crippen LogP contribution is -2.65. The first-order chi connectivity index (χ1) is 16.0. The van der Waals surface area contributed by atoms with Gasteiger partial charge in [0.05, 0.1) is 21.7 Å². The summed E-state index contributed by atoms with van der Waals surface area (Å²) in [5.41, 5.74) is 2.71. The zero-order chi connectivity index (χ0) is 28.4. The highest BCUT2D eigenvalue weighted by Gasteiger charge is 2.53. The van der Waals surface area contributed by atoms with Gasteiger partial charge in [0.25, 0.3) is 0 Å². The van der Waals surface area contributed by atoms with Crippen molar-refractivity contribution in [3.05, 3.63) is 0 Å². The van der Waals surface area contributed by atoms with Crippen LogP contribution in [0, 0.1) is 21.7 Å². The molecule has 10 heteroatoms. The van der Waals surface area contributed by atoms with Gasteiger partial charge in [-0.15, -0.1) is 0 Å². The molecule has 1 aliphatic rings. The van der Waals surface area contributed by atoms with Crippen molar-refractivity contribution in [1.29, 1.82) is 0 Å². The van der Waals surface area contributed by atoms with Gasteiger partial charge in [0.15, 0.2) is 18.3 Å². The van der Waals surface area contributed by atoms with Crippen LogP contribution in [0.1, 0.15) is 83.1 Å². The number of hydrogen-bond donors (Lipinski definition) is 1. The van der Waals surface area contributed by atoms with E-state index in [1.165, 1.54) is 0 Å². The summed E-state index contributed by atoms with van der Waals surface area (Å²) < 4.78 is 28.5. The molecule has 0 saturated carbocycles. The van der Waals surface area contributed by atoms with Crippen LogP contribution in [0.15, 0.2) is 0 Å². The van der Waals surface area contributed by atoms with Crippen LogP contribution >= 0.6 is 0 Å². The maximum atomic E-state index is 12.9. The molecule has 10 nitrogen and oxygen atoms in total. The first kappa shape index (κ1) is 31.8. The van der Waals surface area contributed by atoms with E-state index in [1.807, 2.05) is 0 Å². The van der Waals surface area contributed by atoms with Crippen LogP contribution in [-0.4, -0.2) is 61.1 Å². The quantitative estimate of drug-likeness (QED) is 0.429. The lowest BCUT2D eigenvalue weighted by atomic mass is 9.92. The monoisotopic (exact) mass is 515 g/mol. The number of carbonyl (C=O) groups excluding carboxylic acids is 4. The minimum absolute atomic E-state index is 0.324. The fourth-order valence-corrected chi connectivity index (χ4v) is 2.76. The van der Waals surface area contributed by atoms with E-state index in [-0.39, 0.29) is 6.61 Å². The van der Waals surface area contributed by atoms with Crippen molar-refractivity contribution in [3.63, 3.8) is 0 Å². The van der Waals surface area contributed by atoms with Gasteiger partial charge in [0, 0.05) is 0 Å². The predicted octanol–water partition coefficient (Wildman–Crippen LogP) is 3.13. The number of ether oxygens (including phenoxy) is 5. The summed E-state index contributed by atoms with van der Waals surface area (Å²) in [6.45, 7) is 19.7. The smallest absolute Gasteiger partial charge is 0.311 e. The van der Waals surface area contributed by atoms with Crippen molar-refractivity contribution in [1.82, 2.24) is 0 Å². The highest BCUT2D eigenvalue weighted by Crippen LogP contribution is 2.32. The average Bonchev–Trinajstić information content (AvgIpc) is 2.67. The van der Waals surface area contributed by atoms with Gasteiger partial charge in [0.2, 0.25) is 0 Å². The van der Waals surface area contributed by atoms with Crippen LogP contribution in [0.25, 0.3) is 0 Å². The molecule has 2 N–H and O–H groups in total. The van der Waals surface area contributed by atoms with E-state index in [0.29, 0.717) is 0 Å². The van der Waals surface area contributed by atoms with Gasteiger partial charge in [-0.3, -0.25) is 19.2 Å². The van der Waals surface area contributed by atoms with Crippen molar-refractivity contribution in [2.75, 3.05) is 6.61 Å². The van der Waals surface area contributed by atoms with Crippen molar-refractivity contribution in [2.24, 2.45) is 27.4 Å². The summed E-state index contributed by atoms with van der Waals surface area (Å²) in [6, 6.07) is 0. The van der Waals surface area contributed by atoms with E-state index in [0.717, 1.165) is 0 Å². The molecule has 0 radical (unpaired) electrons. The van der Waals surface area contributed by atoms with Gasteiger partial charge >= 0.3 is 23.9 Å². The largest absolute Gasteiger partial charge is 0.462 e. The Labute approximate surface area is 214 Å². The van der Waals surface area contributed by atoms with Crippen LogP contribution < -0.4 is 5.73 Å². The molecule has 1 aliphatic heterocycles. The van der Waals surface area contributed by atoms with E-state index >= 15 is 0 Å². The Morgan fingerprint density at radius 1 is 0.583 bits per heavy atom. The Hall–Kier alpha value is -2.20. The molecular formula is C26H45NO9. The van der Waals surface area contributed by atoms with Gasteiger partial charge < -0.3 is 29.4 Å². The van der Waals surface area contributed by atoms with Crippen molar-refractivity contribution in [3.8, 4) is 0 Å². The van der Waals surface area contributed by atoms with Crippen molar-refractivity contribution in [2.45, 2.75) is 114 Å². The maximum absolute atomic E-state index is 12.9. The maximum Gasteiger partial charge on any atom is 0.311 e. The van der Waals surface area contributed by atoms with Gasteiger partial charge in [-0.1, -0.05) is 0 Å². The second kappa shape index (κ2) is 11.0. The average molecular weight is 516 g/mol. The zero-order valence-electron chi connectivity index (χ0n) is 23.8. The second-order valence-corrected chi connectivity index (χ2v) is 13.3. The molecule has 36 heavy (non-hydrogen) atoms. The molecule has 1 fully saturated rings. The Kier molecular flexibility index (Phi) is 9.77. The van der Waals surface area contributed by atoms with E-state index in [4.69, 9.17) is 29.4 Å². The SMILES string of the molecule is CC(C)(C)C(=O)OCC1OC(N)C(OC(=O)C(C)(C)C)C(OC(=O)C(C)(C)C)C1OC(=O)C(C)(C)C. The van der Waals surface area contributed by atoms with Crippen LogP contribution in [0.5, 0.6) is 0 Å². The molecule has 0 bridgehead atoms. The number of rotatable bonds is 5. The third-order valence-corrected chi connectivity index (χ3v) is 5.23. The highest BCUT2D eigenvalue weighted by molar-refractivity contribution is 5.78. The minimum atomic E-state index is -1.31. The molecular weight excluding hydrogens is 470 g/mol. The first-order valence-electron chi connectivity index (χ1n) is 12.2. The Morgan fingerprint density at radius 3 is 1.28 bits per heavy atom. The zero-order valence-corrected chi connectivity index (χ0v) is 23.8. The number of carbonyl (C=O) groups is 4. The molecule has 0 aliphatic carbocycles. The van der Waals surface area contributed by atoms with Crippen LogP contribution in [0.2, 0.25) is 0 Å². The summed E-state index contributed by atoms with van der Waals surface area (Å²) >= 11 is 0. The number of nitrogens with two attached hydrogens (primary N) is 1. The number of esters is 4. The second-order valence-electron chi connectivity index (χ2n) is 13.3. The standard InChI is InChI=1S/C26H45NO9/c1-23(2,3)19(28)32-13-14-15(34-20(29)24(4,5)6)16(35-21(30)25(7,8)9)17(18(27)33-14)36-22(31)26(10,11)12/h14-18H,13,27H2,1-12H3. The molecule has 1 saturated heterocycles. The molecule has 5 atom stereocenters. The summed E-state index contributed by atoms with van der Waals surface area (Å²) in [6.07, 6.45) is -6.20. The summed E-state index contributed by atoms with van der Waals surface area (Å²) in [7, 11) is 0. The summed E-state index contributed by atoms with van der Waals surface area (Å²) in [5, 5.41) is 0. The predicted molar refractivity (Wildman–Crippen MR) is 131 cm³/mol. The summed E-state index contributed by atoms with van der Waals surface area (Å²) in [4.78, 5) is 51.0. The summed E-state index contributed by atoms with van der Waals surface area (Å²) in [5.74, 6) is -2.36. The Morgan fingerprint density at radius 2 is 0.917 bits per heavy atom. The third-order valence-electron chi connectivity index (χ3n) is 5.23. The molecule has 1 rings (SSSR count). The highest BCUT2D eigenvalue weighted by atomic mass is 16.7. The molecule has 0 aromatic heterocycles. The third kappa shape index (κ3) is 8.73. The lowest BCUT2D eigenvalue weighted by molar-refractivity contribution is -0.259. The minimum Gasteiger partial charge on any atom is -0.462 e. The molecule has 0 spiro atoms. The van der Waals surface area contributed by atoms with Crippen LogP contribution in [0.3, 0.4) is 0 Å². The topological polar surface area (TPSA) is 140 Å². The fraction of sp³-hybridized carbons (Fsp3) is 0.846. The van der Waals surface area contributed by atoms with E-state index in [2.05, 4.69) is 0 Å². The van der Waals surface area contributed by atoms with Crippen molar-refractivity contribution < 1.29 is 42.9 Å². The van der Waals surface area contributed by atoms with E-state index in [9.17, 15) is 19.2 Å². The van der Waals surface area contributed by atoms with E-state index < -0.39 is 76.2 Å². The molecule has 1 heterocycles. The molecule has 5 unspecified atom stereocenters. The first-order valence-corrected chi connectivity index (χ1v) is 12.2. The fourth-order valence-electron chi connectivity index (χ4n) is 2.76. The Balaban J connectivity index is 3.50. The molecule has 0 amide bonds. The van der Waals surface area contributed by atoms with Crippen molar-refractivity contribution >= 4 is 23.9 Å². The molecule has 208 valence electrons. The normalized spacial score (nSPS) is 25.5. The van der Waals surface area contributed by atoms with Crippen LogP contribution in [0.4, 0.5) is 0 Å². The van der Waals surface area contributed by atoms with E-state index in [1.54, 1.807) is 83.1 Å². The van der Waals surface area contributed by atoms with Gasteiger partial charge in [0.1, 0.15) is 18.9 Å². The Bertz CT molecular complexity index is 824. The molecule has 0 aromatic carbocycles.